The number of rotatable bonds is 5. The standard InChI is InChI=1S/C12H21N3/c1-3-10-8-11(15(2)14-10)6-7-12(13)9-4-5-9/h8-9,12H,3-7,13H2,1-2H3. The van der Waals surface area contributed by atoms with E-state index in [1.54, 1.807) is 0 Å². The molecule has 3 nitrogen and oxygen atoms in total. The van der Waals surface area contributed by atoms with Gasteiger partial charge in [-0.25, -0.2) is 0 Å². The highest BCUT2D eigenvalue weighted by atomic mass is 15.3. The zero-order chi connectivity index (χ0) is 10.8. The van der Waals surface area contributed by atoms with E-state index in [9.17, 15) is 0 Å². The van der Waals surface area contributed by atoms with Crippen molar-refractivity contribution in [2.24, 2.45) is 18.7 Å². The third-order valence-electron chi connectivity index (χ3n) is 3.35. The van der Waals surface area contributed by atoms with Gasteiger partial charge >= 0.3 is 0 Å². The quantitative estimate of drug-likeness (QED) is 0.798. The molecule has 15 heavy (non-hydrogen) atoms. The van der Waals surface area contributed by atoms with Gasteiger partial charge in [0.1, 0.15) is 0 Å². The van der Waals surface area contributed by atoms with Gasteiger partial charge in [0.25, 0.3) is 0 Å². The molecule has 1 aromatic heterocycles. The van der Waals surface area contributed by atoms with Crippen molar-refractivity contribution in [1.82, 2.24) is 9.78 Å². The van der Waals surface area contributed by atoms with Crippen LogP contribution in [0, 0.1) is 5.92 Å². The second-order valence-electron chi connectivity index (χ2n) is 4.64. The van der Waals surface area contributed by atoms with E-state index in [1.165, 1.54) is 24.2 Å². The molecule has 3 heteroatoms. The van der Waals surface area contributed by atoms with Crippen molar-refractivity contribution in [3.05, 3.63) is 17.5 Å². The average Bonchev–Trinajstić information content (AvgIpc) is 3.00. The number of aryl methyl sites for hydroxylation is 3. The van der Waals surface area contributed by atoms with Crippen LogP contribution in [0.3, 0.4) is 0 Å². The van der Waals surface area contributed by atoms with Gasteiger partial charge in [0.05, 0.1) is 5.69 Å². The molecule has 1 aromatic rings. The Morgan fingerprint density at radius 3 is 2.87 bits per heavy atom. The fraction of sp³-hybridized carbons (Fsp3) is 0.750. The molecule has 0 spiro atoms. The monoisotopic (exact) mass is 207 g/mol. The van der Waals surface area contributed by atoms with Gasteiger partial charge < -0.3 is 5.73 Å². The lowest BCUT2D eigenvalue weighted by molar-refractivity contribution is 0.536. The molecule has 1 fully saturated rings. The van der Waals surface area contributed by atoms with Crippen molar-refractivity contribution in [2.75, 3.05) is 0 Å². The molecule has 1 aliphatic carbocycles. The summed E-state index contributed by atoms with van der Waals surface area (Å²) in [5.41, 5.74) is 8.60. The summed E-state index contributed by atoms with van der Waals surface area (Å²) in [6, 6.07) is 2.62. The van der Waals surface area contributed by atoms with Gasteiger partial charge in [0, 0.05) is 18.8 Å². The zero-order valence-corrected chi connectivity index (χ0v) is 9.74. The molecule has 1 saturated carbocycles. The highest BCUT2D eigenvalue weighted by Crippen LogP contribution is 2.33. The number of hydrogen-bond donors (Lipinski definition) is 1. The fourth-order valence-corrected chi connectivity index (χ4v) is 2.05. The van der Waals surface area contributed by atoms with Crippen LogP contribution < -0.4 is 5.73 Å². The molecule has 0 aromatic carbocycles. The molecule has 1 atom stereocenters. The highest BCUT2D eigenvalue weighted by molar-refractivity contribution is 5.10. The van der Waals surface area contributed by atoms with E-state index in [4.69, 9.17) is 5.73 Å². The van der Waals surface area contributed by atoms with Crippen LogP contribution in [-0.2, 0) is 19.9 Å². The lowest BCUT2D eigenvalue weighted by Crippen LogP contribution is -2.23. The molecule has 1 heterocycles. The van der Waals surface area contributed by atoms with Crippen LogP contribution in [0.4, 0.5) is 0 Å². The number of aromatic nitrogens is 2. The van der Waals surface area contributed by atoms with Gasteiger partial charge in [-0.05, 0) is 44.1 Å². The van der Waals surface area contributed by atoms with E-state index in [2.05, 4.69) is 18.1 Å². The minimum Gasteiger partial charge on any atom is -0.327 e. The summed E-state index contributed by atoms with van der Waals surface area (Å²) in [5.74, 6) is 0.809. The average molecular weight is 207 g/mol. The van der Waals surface area contributed by atoms with Crippen molar-refractivity contribution < 1.29 is 0 Å². The third-order valence-corrected chi connectivity index (χ3v) is 3.35. The molecule has 0 bridgehead atoms. The largest absolute Gasteiger partial charge is 0.327 e. The first-order chi connectivity index (χ1) is 7.20. The van der Waals surface area contributed by atoms with Crippen LogP contribution in [0.25, 0.3) is 0 Å². The van der Waals surface area contributed by atoms with Gasteiger partial charge in [-0.1, -0.05) is 6.92 Å². The zero-order valence-electron chi connectivity index (χ0n) is 9.74. The normalized spacial score (nSPS) is 18.1. The maximum absolute atomic E-state index is 6.09. The lowest BCUT2D eigenvalue weighted by Gasteiger charge is -2.09. The Bertz CT molecular complexity index is 326. The van der Waals surface area contributed by atoms with Gasteiger partial charge in [0.15, 0.2) is 0 Å². The van der Waals surface area contributed by atoms with Crippen molar-refractivity contribution in [1.29, 1.82) is 0 Å². The maximum atomic E-state index is 6.09. The molecule has 0 amide bonds. The van der Waals surface area contributed by atoms with E-state index in [1.807, 2.05) is 11.7 Å². The predicted molar refractivity (Wildman–Crippen MR) is 61.6 cm³/mol. The van der Waals surface area contributed by atoms with Gasteiger partial charge in [-0.15, -0.1) is 0 Å². The molecular formula is C12H21N3. The molecule has 2 rings (SSSR count). The molecule has 84 valence electrons. The highest BCUT2D eigenvalue weighted by Gasteiger charge is 2.28. The SMILES string of the molecule is CCc1cc(CCC(N)C2CC2)n(C)n1. The molecule has 1 aliphatic rings. The Hall–Kier alpha value is -0.830. The van der Waals surface area contributed by atoms with Crippen molar-refractivity contribution in [3.8, 4) is 0 Å². The molecule has 0 saturated heterocycles. The summed E-state index contributed by atoms with van der Waals surface area (Å²) in [7, 11) is 2.02. The Labute approximate surface area is 91.7 Å². The maximum Gasteiger partial charge on any atom is 0.0624 e. The Morgan fingerprint density at radius 1 is 1.60 bits per heavy atom. The predicted octanol–water partition coefficient (Wildman–Crippen LogP) is 1.65. The van der Waals surface area contributed by atoms with Crippen LogP contribution in [0.1, 0.15) is 37.6 Å². The summed E-state index contributed by atoms with van der Waals surface area (Å²) in [5, 5.41) is 4.44. The molecule has 1 unspecified atom stereocenters. The van der Waals surface area contributed by atoms with Crippen LogP contribution in [0.15, 0.2) is 6.07 Å². The molecule has 0 aliphatic heterocycles. The minimum atomic E-state index is 0.407. The summed E-state index contributed by atoms with van der Waals surface area (Å²) >= 11 is 0. The third kappa shape index (κ3) is 2.59. The first-order valence-corrected chi connectivity index (χ1v) is 5.98. The van der Waals surface area contributed by atoms with E-state index >= 15 is 0 Å². The van der Waals surface area contributed by atoms with Gasteiger partial charge in [0.2, 0.25) is 0 Å². The topological polar surface area (TPSA) is 43.8 Å². The number of nitrogens with two attached hydrogens (primary N) is 1. The number of hydrogen-bond acceptors (Lipinski definition) is 2. The smallest absolute Gasteiger partial charge is 0.0624 e. The van der Waals surface area contributed by atoms with E-state index in [0.29, 0.717) is 6.04 Å². The second kappa shape index (κ2) is 4.35. The first kappa shape index (κ1) is 10.7. The van der Waals surface area contributed by atoms with Crippen LogP contribution >= 0.6 is 0 Å². The van der Waals surface area contributed by atoms with Crippen molar-refractivity contribution in [3.63, 3.8) is 0 Å². The summed E-state index contributed by atoms with van der Waals surface area (Å²) < 4.78 is 2.00. The summed E-state index contributed by atoms with van der Waals surface area (Å²) in [6.07, 6.45) is 5.87. The molecular weight excluding hydrogens is 186 g/mol. The van der Waals surface area contributed by atoms with E-state index in [-0.39, 0.29) is 0 Å². The Morgan fingerprint density at radius 2 is 2.33 bits per heavy atom. The summed E-state index contributed by atoms with van der Waals surface area (Å²) in [6.45, 7) is 2.14. The molecule has 2 N–H and O–H groups in total. The van der Waals surface area contributed by atoms with Crippen LogP contribution in [0.2, 0.25) is 0 Å². The minimum absolute atomic E-state index is 0.407. The number of nitrogens with zero attached hydrogens (tertiary/aromatic N) is 2. The molecule has 0 radical (unpaired) electrons. The second-order valence-corrected chi connectivity index (χ2v) is 4.64. The Balaban J connectivity index is 1.88. The summed E-state index contributed by atoms with van der Waals surface area (Å²) in [4.78, 5) is 0. The van der Waals surface area contributed by atoms with E-state index in [0.717, 1.165) is 25.2 Å². The van der Waals surface area contributed by atoms with Gasteiger partial charge in [-0.3, -0.25) is 4.68 Å². The van der Waals surface area contributed by atoms with Crippen LogP contribution in [-0.4, -0.2) is 15.8 Å². The lowest BCUT2D eigenvalue weighted by atomic mass is 10.1. The first-order valence-electron chi connectivity index (χ1n) is 5.98. The van der Waals surface area contributed by atoms with Gasteiger partial charge in [-0.2, -0.15) is 5.10 Å². The Kier molecular flexibility index (Phi) is 3.10. The van der Waals surface area contributed by atoms with E-state index < -0.39 is 0 Å². The fourth-order valence-electron chi connectivity index (χ4n) is 2.05. The van der Waals surface area contributed by atoms with Crippen molar-refractivity contribution in [2.45, 2.75) is 45.1 Å². The van der Waals surface area contributed by atoms with Crippen molar-refractivity contribution >= 4 is 0 Å². The van der Waals surface area contributed by atoms with Crippen LogP contribution in [0.5, 0.6) is 0 Å².